The summed E-state index contributed by atoms with van der Waals surface area (Å²) < 4.78 is 0.789. The summed E-state index contributed by atoms with van der Waals surface area (Å²) in [6, 6.07) is 13.6. The number of pyridine rings is 1. The summed E-state index contributed by atoms with van der Waals surface area (Å²) in [5.41, 5.74) is 2.06. The van der Waals surface area contributed by atoms with Crippen molar-refractivity contribution in [2.24, 2.45) is 10.2 Å². The minimum atomic E-state index is 0. The number of hydrogen-bond acceptors (Lipinski definition) is 3. The van der Waals surface area contributed by atoms with Crippen molar-refractivity contribution in [3.8, 4) is 0 Å². The van der Waals surface area contributed by atoms with Crippen LogP contribution in [0.4, 0.5) is 17.2 Å². The molecule has 0 saturated heterocycles. The highest BCUT2D eigenvalue weighted by Crippen LogP contribution is 2.22. The first-order valence-corrected chi connectivity index (χ1v) is 5.80. The second-order valence-corrected chi connectivity index (χ2v) is 4.92. The fourth-order valence-electron chi connectivity index (χ4n) is 1.49. The van der Waals surface area contributed by atoms with Crippen LogP contribution in [0, 0.1) is 0 Å². The fourth-order valence-corrected chi connectivity index (χ4v) is 1.49. The van der Waals surface area contributed by atoms with Crippen LogP contribution in [0.25, 0.3) is 0 Å². The molecule has 0 aliphatic carbocycles. The Kier molecular flexibility index (Phi) is 5.56. The van der Waals surface area contributed by atoms with Crippen LogP contribution in [-0.4, -0.2) is 26.1 Å². The third-order valence-electron chi connectivity index (χ3n) is 2.54. The molecule has 2 aromatic rings. The summed E-state index contributed by atoms with van der Waals surface area (Å²) in [5.74, 6) is 0.619. The fraction of sp³-hybridized carbons (Fsp3) is 0.214. The molecule has 0 saturated carbocycles. The molecular formula is C14H17IN4. The van der Waals surface area contributed by atoms with Gasteiger partial charge in [0.25, 0.3) is 0 Å². The summed E-state index contributed by atoms with van der Waals surface area (Å²) in [6.45, 7) is 0. The van der Waals surface area contributed by atoms with Gasteiger partial charge in [0.2, 0.25) is 0 Å². The molecule has 1 heterocycles. The number of quaternary nitrogens is 1. The van der Waals surface area contributed by atoms with Gasteiger partial charge in [0.15, 0.2) is 5.82 Å². The topological polar surface area (TPSA) is 37.6 Å². The van der Waals surface area contributed by atoms with Crippen LogP contribution in [0.3, 0.4) is 0 Å². The Labute approximate surface area is 130 Å². The first-order chi connectivity index (χ1) is 8.55. The van der Waals surface area contributed by atoms with E-state index in [1.807, 2.05) is 30.3 Å². The summed E-state index contributed by atoms with van der Waals surface area (Å²) in [7, 11) is 6.39. The molecule has 0 radical (unpaired) electrons. The van der Waals surface area contributed by atoms with E-state index in [0.717, 1.165) is 10.2 Å². The number of halogens is 1. The van der Waals surface area contributed by atoms with Gasteiger partial charge in [-0.25, -0.2) is 4.98 Å². The summed E-state index contributed by atoms with van der Waals surface area (Å²) in [5, 5.41) is 8.23. The van der Waals surface area contributed by atoms with Crippen molar-refractivity contribution >= 4 is 17.2 Å². The molecule has 5 heteroatoms. The quantitative estimate of drug-likeness (QED) is 0.447. The van der Waals surface area contributed by atoms with Gasteiger partial charge in [-0.3, -0.25) is 4.48 Å². The molecule has 0 bridgehead atoms. The Morgan fingerprint density at radius 3 is 2.11 bits per heavy atom. The van der Waals surface area contributed by atoms with Crippen molar-refractivity contribution in [3.05, 3.63) is 48.7 Å². The molecule has 0 amide bonds. The molecule has 100 valence electrons. The van der Waals surface area contributed by atoms with Crippen LogP contribution in [0.1, 0.15) is 0 Å². The Morgan fingerprint density at radius 2 is 1.58 bits per heavy atom. The summed E-state index contributed by atoms with van der Waals surface area (Å²) >= 11 is 0. The molecule has 1 aromatic heterocycles. The van der Waals surface area contributed by atoms with Gasteiger partial charge < -0.3 is 24.0 Å². The number of azo groups is 1. The zero-order valence-corrected chi connectivity index (χ0v) is 13.4. The standard InChI is InChI=1S/C14H17N4.HI/c1-18(2,3)13-9-7-12(8-10-13)16-17-14-6-4-5-11-15-14;/h4-11H,1-3H3;1H/q+1;/p-1. The van der Waals surface area contributed by atoms with Crippen LogP contribution in [0.15, 0.2) is 58.9 Å². The highest BCUT2D eigenvalue weighted by atomic mass is 127. The third kappa shape index (κ3) is 4.68. The lowest BCUT2D eigenvalue weighted by atomic mass is 10.2. The van der Waals surface area contributed by atoms with Gasteiger partial charge >= 0.3 is 0 Å². The Morgan fingerprint density at radius 1 is 0.895 bits per heavy atom. The SMILES string of the molecule is C[N+](C)(C)c1ccc(N=Nc2ccccn2)cc1.[I-]. The lowest BCUT2D eigenvalue weighted by molar-refractivity contribution is -0.00000409. The minimum absolute atomic E-state index is 0. The lowest BCUT2D eigenvalue weighted by Crippen LogP contribution is -3.00. The Hall–Kier alpha value is -1.34. The molecule has 0 aliphatic heterocycles. The molecule has 19 heavy (non-hydrogen) atoms. The first kappa shape index (κ1) is 15.7. The lowest BCUT2D eigenvalue weighted by Gasteiger charge is -2.23. The van der Waals surface area contributed by atoms with Gasteiger partial charge in [-0.2, -0.15) is 0 Å². The normalized spacial score (nSPS) is 11.3. The number of aromatic nitrogens is 1. The van der Waals surface area contributed by atoms with Crippen molar-refractivity contribution in [2.45, 2.75) is 0 Å². The zero-order chi connectivity index (χ0) is 13.0. The third-order valence-corrected chi connectivity index (χ3v) is 2.54. The molecule has 0 N–H and O–H groups in total. The van der Waals surface area contributed by atoms with Gasteiger partial charge in [-0.1, -0.05) is 6.07 Å². The van der Waals surface area contributed by atoms with E-state index in [1.165, 1.54) is 5.69 Å². The van der Waals surface area contributed by atoms with Crippen LogP contribution < -0.4 is 28.5 Å². The number of hydrogen-bond donors (Lipinski definition) is 0. The molecule has 0 spiro atoms. The van der Waals surface area contributed by atoms with E-state index < -0.39 is 0 Å². The number of benzene rings is 1. The Balaban J connectivity index is 0.00000180. The van der Waals surface area contributed by atoms with Crippen LogP contribution >= 0.6 is 0 Å². The first-order valence-electron chi connectivity index (χ1n) is 5.80. The zero-order valence-electron chi connectivity index (χ0n) is 11.3. The van der Waals surface area contributed by atoms with E-state index in [0.29, 0.717) is 5.82 Å². The molecule has 0 unspecified atom stereocenters. The maximum Gasteiger partial charge on any atom is 0.174 e. The number of rotatable bonds is 3. The predicted molar refractivity (Wildman–Crippen MR) is 74.4 cm³/mol. The highest BCUT2D eigenvalue weighted by Gasteiger charge is 2.10. The maximum absolute atomic E-state index is 4.16. The van der Waals surface area contributed by atoms with Gasteiger partial charge in [0.1, 0.15) is 5.69 Å². The van der Waals surface area contributed by atoms with Crippen molar-refractivity contribution in [1.82, 2.24) is 9.47 Å². The van der Waals surface area contributed by atoms with Gasteiger partial charge in [-0.05, 0) is 24.3 Å². The molecule has 0 atom stereocenters. The van der Waals surface area contributed by atoms with E-state index in [1.54, 1.807) is 6.20 Å². The maximum atomic E-state index is 4.16. The van der Waals surface area contributed by atoms with Crippen molar-refractivity contribution in [3.63, 3.8) is 0 Å². The van der Waals surface area contributed by atoms with Crippen molar-refractivity contribution in [1.29, 1.82) is 0 Å². The summed E-state index contributed by atoms with van der Waals surface area (Å²) in [6.07, 6.45) is 1.70. The second-order valence-electron chi connectivity index (χ2n) is 4.92. The van der Waals surface area contributed by atoms with Gasteiger partial charge in [0, 0.05) is 18.3 Å². The molecule has 1 aromatic carbocycles. The van der Waals surface area contributed by atoms with E-state index in [-0.39, 0.29) is 24.0 Å². The predicted octanol–water partition coefficient (Wildman–Crippen LogP) is 0.698. The van der Waals surface area contributed by atoms with Crippen LogP contribution in [0.5, 0.6) is 0 Å². The van der Waals surface area contributed by atoms with E-state index >= 15 is 0 Å². The average Bonchev–Trinajstić information content (AvgIpc) is 2.37. The highest BCUT2D eigenvalue weighted by molar-refractivity contribution is 5.49. The smallest absolute Gasteiger partial charge is 0.174 e. The second kappa shape index (κ2) is 6.72. The van der Waals surface area contributed by atoms with E-state index in [9.17, 15) is 0 Å². The van der Waals surface area contributed by atoms with Gasteiger partial charge in [-0.15, -0.1) is 10.2 Å². The minimum Gasteiger partial charge on any atom is -1.00 e. The van der Waals surface area contributed by atoms with Crippen molar-refractivity contribution < 1.29 is 24.0 Å². The van der Waals surface area contributed by atoms with Gasteiger partial charge in [0.05, 0.1) is 26.8 Å². The summed E-state index contributed by atoms with van der Waals surface area (Å²) in [4.78, 5) is 4.09. The molecule has 4 nitrogen and oxygen atoms in total. The van der Waals surface area contributed by atoms with Crippen LogP contribution in [-0.2, 0) is 0 Å². The van der Waals surface area contributed by atoms with E-state index in [2.05, 4.69) is 48.5 Å². The van der Waals surface area contributed by atoms with Crippen LogP contribution in [0.2, 0.25) is 0 Å². The molecular weight excluding hydrogens is 351 g/mol. The molecule has 2 rings (SSSR count). The molecule has 0 aliphatic rings. The average molecular weight is 368 g/mol. The van der Waals surface area contributed by atoms with E-state index in [4.69, 9.17) is 0 Å². The largest absolute Gasteiger partial charge is 1.00 e. The monoisotopic (exact) mass is 368 g/mol. The van der Waals surface area contributed by atoms with Crippen molar-refractivity contribution in [2.75, 3.05) is 21.1 Å². The number of nitrogens with zero attached hydrogens (tertiary/aromatic N) is 4. The molecule has 0 fully saturated rings. The Bertz CT molecular complexity index is 530.